The lowest BCUT2D eigenvalue weighted by Gasteiger charge is -2.26. The normalized spacial score (nSPS) is 15.6. The van der Waals surface area contributed by atoms with Gasteiger partial charge < -0.3 is 9.72 Å². The maximum atomic E-state index is 12.8. The van der Waals surface area contributed by atoms with Crippen LogP contribution < -0.4 is 5.43 Å². The van der Waals surface area contributed by atoms with Gasteiger partial charge in [-0.2, -0.15) is 9.41 Å². The number of para-hydroxylation sites is 1. The number of fused-ring (bicyclic) bond motifs is 1. The Morgan fingerprint density at radius 1 is 1.17 bits per heavy atom. The lowest BCUT2D eigenvalue weighted by atomic mass is 10.1. The van der Waals surface area contributed by atoms with Gasteiger partial charge in [0.15, 0.2) is 0 Å². The average molecular weight is 426 g/mol. The lowest BCUT2D eigenvalue weighted by Crippen LogP contribution is -2.40. The van der Waals surface area contributed by atoms with Crippen LogP contribution in [0.4, 0.5) is 0 Å². The van der Waals surface area contributed by atoms with Crippen LogP contribution in [0.3, 0.4) is 0 Å². The molecule has 0 atom stereocenters. The number of hydrogen-bond acceptors (Lipinski definition) is 5. The van der Waals surface area contributed by atoms with Crippen molar-refractivity contribution in [1.29, 1.82) is 0 Å². The number of aromatic amines is 1. The number of amides is 1. The van der Waals surface area contributed by atoms with Crippen LogP contribution in [0.25, 0.3) is 10.9 Å². The van der Waals surface area contributed by atoms with Crippen LogP contribution in [0.5, 0.6) is 0 Å². The third-order valence-electron chi connectivity index (χ3n) is 5.01. The molecule has 1 fully saturated rings. The molecule has 4 rings (SSSR count). The van der Waals surface area contributed by atoms with Gasteiger partial charge in [-0.15, -0.1) is 0 Å². The number of carbonyl (C=O) groups excluding carboxylic acids is 1. The van der Waals surface area contributed by atoms with E-state index in [9.17, 15) is 13.2 Å². The van der Waals surface area contributed by atoms with Gasteiger partial charge in [-0.1, -0.05) is 24.3 Å². The van der Waals surface area contributed by atoms with Crippen LogP contribution in [0, 0.1) is 6.92 Å². The molecule has 0 spiro atoms. The van der Waals surface area contributed by atoms with Crippen molar-refractivity contribution >= 4 is 33.0 Å². The number of sulfonamides is 1. The highest BCUT2D eigenvalue weighted by molar-refractivity contribution is 7.89. The monoisotopic (exact) mass is 426 g/mol. The number of H-pyrrole nitrogens is 1. The lowest BCUT2D eigenvalue weighted by molar-refractivity contribution is 0.0730. The molecule has 9 heteroatoms. The summed E-state index contributed by atoms with van der Waals surface area (Å²) >= 11 is 0. The molecule has 2 heterocycles. The first-order valence-electron chi connectivity index (χ1n) is 9.55. The summed E-state index contributed by atoms with van der Waals surface area (Å²) in [4.78, 5) is 15.9. The Morgan fingerprint density at radius 2 is 1.93 bits per heavy atom. The van der Waals surface area contributed by atoms with Gasteiger partial charge in [0.2, 0.25) is 10.0 Å². The van der Waals surface area contributed by atoms with Crippen molar-refractivity contribution in [2.45, 2.75) is 11.8 Å². The average Bonchev–Trinajstić information content (AvgIpc) is 3.09. The van der Waals surface area contributed by atoms with Crippen molar-refractivity contribution in [2.75, 3.05) is 26.3 Å². The molecular formula is C21H22N4O4S. The maximum absolute atomic E-state index is 12.8. The van der Waals surface area contributed by atoms with Crippen molar-refractivity contribution in [1.82, 2.24) is 14.7 Å². The van der Waals surface area contributed by atoms with Crippen LogP contribution >= 0.6 is 0 Å². The summed E-state index contributed by atoms with van der Waals surface area (Å²) in [6.07, 6.45) is 1.58. The molecule has 1 aliphatic rings. The van der Waals surface area contributed by atoms with E-state index < -0.39 is 15.9 Å². The Morgan fingerprint density at radius 3 is 2.73 bits per heavy atom. The third kappa shape index (κ3) is 4.00. The molecule has 8 nitrogen and oxygen atoms in total. The highest BCUT2D eigenvalue weighted by atomic mass is 32.2. The Kier molecular flexibility index (Phi) is 5.67. The summed E-state index contributed by atoms with van der Waals surface area (Å²) in [5, 5.41) is 5.07. The molecule has 1 aliphatic heterocycles. The van der Waals surface area contributed by atoms with Crippen molar-refractivity contribution in [3.8, 4) is 0 Å². The van der Waals surface area contributed by atoms with Gasteiger partial charge in [0.25, 0.3) is 5.91 Å². The number of nitrogens with one attached hydrogen (secondary N) is 2. The number of ether oxygens (including phenoxy) is 1. The van der Waals surface area contributed by atoms with Crippen LogP contribution in [-0.4, -0.2) is 56.1 Å². The summed E-state index contributed by atoms with van der Waals surface area (Å²) in [7, 11) is -3.67. The molecule has 0 radical (unpaired) electrons. The number of hydrogen-bond donors (Lipinski definition) is 2. The van der Waals surface area contributed by atoms with Crippen LogP contribution in [0.2, 0.25) is 0 Å². The summed E-state index contributed by atoms with van der Waals surface area (Å²) < 4.78 is 32.2. The molecule has 2 aromatic carbocycles. The van der Waals surface area contributed by atoms with Crippen molar-refractivity contribution in [2.24, 2.45) is 5.10 Å². The second-order valence-corrected chi connectivity index (χ2v) is 8.89. The molecule has 0 unspecified atom stereocenters. The molecule has 0 saturated carbocycles. The van der Waals surface area contributed by atoms with E-state index in [1.807, 2.05) is 31.2 Å². The van der Waals surface area contributed by atoms with Crippen LogP contribution in [-0.2, 0) is 14.8 Å². The van der Waals surface area contributed by atoms with Gasteiger partial charge in [0, 0.05) is 40.8 Å². The minimum atomic E-state index is -3.67. The first-order chi connectivity index (χ1) is 14.5. The van der Waals surface area contributed by atoms with E-state index in [2.05, 4.69) is 15.5 Å². The van der Waals surface area contributed by atoms with E-state index in [4.69, 9.17) is 4.74 Å². The molecule has 1 amide bonds. The summed E-state index contributed by atoms with van der Waals surface area (Å²) in [6, 6.07) is 13.8. The summed E-state index contributed by atoms with van der Waals surface area (Å²) in [5.74, 6) is -0.484. The highest BCUT2D eigenvalue weighted by Gasteiger charge is 2.26. The topological polar surface area (TPSA) is 104 Å². The Hall–Kier alpha value is -3.01. The minimum Gasteiger partial charge on any atom is -0.379 e. The fourth-order valence-electron chi connectivity index (χ4n) is 3.42. The minimum absolute atomic E-state index is 0.0773. The Bertz CT molecular complexity index is 1210. The van der Waals surface area contributed by atoms with Gasteiger partial charge in [0.1, 0.15) is 0 Å². The highest BCUT2D eigenvalue weighted by Crippen LogP contribution is 2.20. The third-order valence-corrected chi connectivity index (χ3v) is 6.90. The van der Waals surface area contributed by atoms with E-state index in [0.29, 0.717) is 26.3 Å². The SMILES string of the molecule is Cc1[nH]c2ccccc2c1C=NNC(=O)c1cccc(S(=O)(=O)N2CCOCC2)c1. The van der Waals surface area contributed by atoms with E-state index in [0.717, 1.165) is 22.2 Å². The number of aromatic nitrogens is 1. The standard InChI is InChI=1S/C21H22N4O4S/c1-15-19(18-7-2-3-8-20(18)23-15)14-22-24-21(26)16-5-4-6-17(13-16)30(27,28)25-9-11-29-12-10-25/h2-8,13-14,23H,9-12H2,1H3,(H,24,26). The second-order valence-electron chi connectivity index (χ2n) is 6.95. The van der Waals surface area contributed by atoms with E-state index in [1.54, 1.807) is 18.3 Å². The Labute approximate surface area is 174 Å². The van der Waals surface area contributed by atoms with Gasteiger partial charge in [0.05, 0.1) is 24.3 Å². The second kappa shape index (κ2) is 8.39. The predicted octanol–water partition coefficient (Wildman–Crippen LogP) is 2.26. The number of rotatable bonds is 5. The van der Waals surface area contributed by atoms with Gasteiger partial charge >= 0.3 is 0 Å². The van der Waals surface area contributed by atoms with Gasteiger partial charge in [-0.05, 0) is 31.2 Å². The van der Waals surface area contributed by atoms with E-state index >= 15 is 0 Å². The molecule has 0 aliphatic carbocycles. The number of hydrazone groups is 1. The molecule has 1 aromatic heterocycles. The first kappa shape index (κ1) is 20.3. The smallest absolute Gasteiger partial charge is 0.271 e. The van der Waals surface area contributed by atoms with E-state index in [1.165, 1.54) is 16.4 Å². The zero-order valence-electron chi connectivity index (χ0n) is 16.5. The number of carbonyl (C=O) groups is 1. The van der Waals surface area contributed by atoms with Gasteiger partial charge in [-0.25, -0.2) is 13.8 Å². The Balaban J connectivity index is 1.51. The fourth-order valence-corrected chi connectivity index (χ4v) is 4.87. The van der Waals surface area contributed by atoms with Crippen LogP contribution in [0.15, 0.2) is 58.5 Å². The quantitative estimate of drug-likeness (QED) is 0.482. The molecule has 2 N–H and O–H groups in total. The van der Waals surface area contributed by atoms with Crippen molar-refractivity contribution < 1.29 is 17.9 Å². The zero-order valence-corrected chi connectivity index (χ0v) is 17.3. The number of aryl methyl sites for hydroxylation is 1. The molecule has 0 bridgehead atoms. The van der Waals surface area contributed by atoms with Crippen molar-refractivity contribution in [3.63, 3.8) is 0 Å². The summed E-state index contributed by atoms with van der Waals surface area (Å²) in [5.41, 5.74) is 5.51. The summed E-state index contributed by atoms with van der Waals surface area (Å²) in [6.45, 7) is 3.26. The molecule has 156 valence electrons. The van der Waals surface area contributed by atoms with Crippen molar-refractivity contribution in [3.05, 3.63) is 65.4 Å². The largest absolute Gasteiger partial charge is 0.379 e. The predicted molar refractivity (Wildman–Crippen MR) is 114 cm³/mol. The number of nitrogens with zero attached hydrogens (tertiary/aromatic N) is 2. The number of benzene rings is 2. The molecule has 3 aromatic rings. The van der Waals surface area contributed by atoms with E-state index in [-0.39, 0.29) is 10.5 Å². The first-order valence-corrected chi connectivity index (χ1v) is 11.0. The number of morpholine rings is 1. The fraction of sp³-hybridized carbons (Fsp3) is 0.238. The van der Waals surface area contributed by atoms with Crippen LogP contribution in [0.1, 0.15) is 21.6 Å². The zero-order chi connectivity index (χ0) is 21.1. The van der Waals surface area contributed by atoms with Gasteiger partial charge in [-0.3, -0.25) is 4.79 Å². The maximum Gasteiger partial charge on any atom is 0.271 e. The molecule has 30 heavy (non-hydrogen) atoms. The molecular weight excluding hydrogens is 404 g/mol. The molecule has 1 saturated heterocycles.